The van der Waals surface area contributed by atoms with E-state index in [-0.39, 0.29) is 12.1 Å². The highest BCUT2D eigenvalue weighted by Gasteiger charge is 2.01. The standard InChI is InChI=1S/C12H28N2O3/c1-11(14)9-15-6-3-4-7-16-10-12(2)17-8-5-13/h11-12H,3-10,13-14H2,1-2H3. The van der Waals surface area contributed by atoms with Crippen LogP contribution in [0.4, 0.5) is 0 Å². The third kappa shape index (κ3) is 13.7. The first-order chi connectivity index (χ1) is 8.16. The molecule has 0 heterocycles. The highest BCUT2D eigenvalue weighted by Crippen LogP contribution is 1.95. The molecule has 0 fully saturated rings. The van der Waals surface area contributed by atoms with Crippen molar-refractivity contribution in [3.63, 3.8) is 0 Å². The number of rotatable bonds is 12. The van der Waals surface area contributed by atoms with E-state index in [2.05, 4.69) is 0 Å². The molecule has 0 saturated heterocycles. The van der Waals surface area contributed by atoms with E-state index in [1.165, 1.54) is 0 Å². The fourth-order valence-corrected chi connectivity index (χ4v) is 1.24. The first-order valence-corrected chi connectivity index (χ1v) is 6.39. The van der Waals surface area contributed by atoms with Gasteiger partial charge >= 0.3 is 0 Å². The summed E-state index contributed by atoms with van der Waals surface area (Å²) in [5.74, 6) is 0. The van der Waals surface area contributed by atoms with Crippen LogP contribution in [0.25, 0.3) is 0 Å². The van der Waals surface area contributed by atoms with Gasteiger partial charge in [0, 0.05) is 25.8 Å². The Kier molecular flexibility index (Phi) is 12.1. The maximum atomic E-state index is 5.56. The van der Waals surface area contributed by atoms with Crippen LogP contribution in [0.2, 0.25) is 0 Å². The summed E-state index contributed by atoms with van der Waals surface area (Å²) in [5.41, 5.74) is 10.9. The number of hydrogen-bond acceptors (Lipinski definition) is 5. The highest BCUT2D eigenvalue weighted by molar-refractivity contribution is 4.50. The topological polar surface area (TPSA) is 79.7 Å². The molecule has 5 nitrogen and oxygen atoms in total. The predicted octanol–water partition coefficient (Wildman–Crippen LogP) is 0.511. The molecule has 0 aromatic carbocycles. The molecule has 0 saturated carbocycles. The van der Waals surface area contributed by atoms with Crippen molar-refractivity contribution in [1.82, 2.24) is 0 Å². The molecule has 2 atom stereocenters. The molecule has 0 aromatic heterocycles. The van der Waals surface area contributed by atoms with Crippen LogP contribution in [0.15, 0.2) is 0 Å². The van der Waals surface area contributed by atoms with E-state index < -0.39 is 0 Å². The Hall–Kier alpha value is -0.200. The number of hydrogen-bond donors (Lipinski definition) is 2. The maximum absolute atomic E-state index is 5.56. The third-order valence-electron chi connectivity index (χ3n) is 2.08. The molecule has 2 unspecified atom stereocenters. The molecule has 0 aliphatic rings. The van der Waals surface area contributed by atoms with Crippen molar-refractivity contribution in [1.29, 1.82) is 0 Å². The van der Waals surface area contributed by atoms with Crippen molar-refractivity contribution in [3.05, 3.63) is 0 Å². The third-order valence-corrected chi connectivity index (χ3v) is 2.08. The Morgan fingerprint density at radius 2 is 1.53 bits per heavy atom. The van der Waals surface area contributed by atoms with E-state index in [1.54, 1.807) is 0 Å². The van der Waals surface area contributed by atoms with Crippen molar-refractivity contribution >= 4 is 0 Å². The van der Waals surface area contributed by atoms with Crippen LogP contribution in [-0.2, 0) is 14.2 Å². The maximum Gasteiger partial charge on any atom is 0.0781 e. The van der Waals surface area contributed by atoms with E-state index in [0.717, 1.165) is 26.1 Å². The van der Waals surface area contributed by atoms with Gasteiger partial charge in [-0.15, -0.1) is 0 Å². The molecule has 0 radical (unpaired) electrons. The van der Waals surface area contributed by atoms with Crippen molar-refractivity contribution in [2.75, 3.05) is 39.6 Å². The molecule has 0 aliphatic heterocycles. The molecule has 104 valence electrons. The molecule has 0 rings (SSSR count). The van der Waals surface area contributed by atoms with Crippen LogP contribution in [0, 0.1) is 0 Å². The second-order valence-electron chi connectivity index (χ2n) is 4.30. The normalized spacial score (nSPS) is 14.8. The molecule has 0 spiro atoms. The van der Waals surface area contributed by atoms with Crippen LogP contribution in [0.3, 0.4) is 0 Å². The molecule has 17 heavy (non-hydrogen) atoms. The Balaban J connectivity index is 3.07. The van der Waals surface area contributed by atoms with E-state index in [0.29, 0.717) is 26.4 Å². The zero-order valence-electron chi connectivity index (χ0n) is 11.2. The molecule has 0 bridgehead atoms. The molecule has 4 N–H and O–H groups in total. The first kappa shape index (κ1) is 16.8. The van der Waals surface area contributed by atoms with Gasteiger partial charge in [-0.25, -0.2) is 0 Å². The lowest BCUT2D eigenvalue weighted by Crippen LogP contribution is -2.22. The summed E-state index contributed by atoms with van der Waals surface area (Å²) in [6.45, 7) is 7.83. The van der Waals surface area contributed by atoms with Crippen LogP contribution in [-0.4, -0.2) is 51.7 Å². The van der Waals surface area contributed by atoms with Crippen LogP contribution in [0.1, 0.15) is 26.7 Å². The minimum Gasteiger partial charge on any atom is -0.380 e. The van der Waals surface area contributed by atoms with E-state index >= 15 is 0 Å². The molecule has 0 aliphatic carbocycles. The lowest BCUT2D eigenvalue weighted by atomic mass is 10.3. The van der Waals surface area contributed by atoms with Gasteiger partial charge < -0.3 is 25.7 Å². The van der Waals surface area contributed by atoms with Gasteiger partial charge in [0.25, 0.3) is 0 Å². The fourth-order valence-electron chi connectivity index (χ4n) is 1.24. The molecule has 0 amide bonds. The Labute approximate surface area is 105 Å². The van der Waals surface area contributed by atoms with E-state index in [4.69, 9.17) is 25.7 Å². The average Bonchev–Trinajstić information content (AvgIpc) is 2.29. The number of ether oxygens (including phenoxy) is 3. The van der Waals surface area contributed by atoms with Crippen LogP contribution < -0.4 is 11.5 Å². The first-order valence-electron chi connectivity index (χ1n) is 6.39. The lowest BCUT2D eigenvalue weighted by Gasteiger charge is -2.12. The van der Waals surface area contributed by atoms with Gasteiger partial charge in [-0.05, 0) is 26.7 Å². The quantitative estimate of drug-likeness (QED) is 0.492. The number of nitrogens with two attached hydrogens (primary N) is 2. The summed E-state index contributed by atoms with van der Waals surface area (Å²) >= 11 is 0. The van der Waals surface area contributed by atoms with Crippen molar-refractivity contribution in [2.24, 2.45) is 11.5 Å². The van der Waals surface area contributed by atoms with Crippen molar-refractivity contribution < 1.29 is 14.2 Å². The smallest absolute Gasteiger partial charge is 0.0781 e. The van der Waals surface area contributed by atoms with E-state index in [9.17, 15) is 0 Å². The zero-order chi connectivity index (χ0) is 12.9. The van der Waals surface area contributed by atoms with Crippen LogP contribution in [0.5, 0.6) is 0 Å². The Morgan fingerprint density at radius 1 is 0.941 bits per heavy atom. The van der Waals surface area contributed by atoms with Gasteiger partial charge in [0.2, 0.25) is 0 Å². The van der Waals surface area contributed by atoms with Gasteiger partial charge in [0.05, 0.1) is 25.9 Å². The fraction of sp³-hybridized carbons (Fsp3) is 1.00. The summed E-state index contributed by atoms with van der Waals surface area (Å²) in [4.78, 5) is 0. The summed E-state index contributed by atoms with van der Waals surface area (Å²) in [6.07, 6.45) is 2.13. The van der Waals surface area contributed by atoms with Gasteiger partial charge in [-0.2, -0.15) is 0 Å². The second-order valence-corrected chi connectivity index (χ2v) is 4.30. The molecule has 0 aromatic rings. The van der Waals surface area contributed by atoms with E-state index in [1.807, 2.05) is 13.8 Å². The Bertz CT molecular complexity index is 157. The minimum absolute atomic E-state index is 0.117. The summed E-state index contributed by atoms with van der Waals surface area (Å²) in [6, 6.07) is 0.117. The summed E-state index contributed by atoms with van der Waals surface area (Å²) in [7, 11) is 0. The average molecular weight is 248 g/mol. The van der Waals surface area contributed by atoms with Gasteiger partial charge in [-0.1, -0.05) is 0 Å². The summed E-state index contributed by atoms with van der Waals surface area (Å²) < 4.78 is 16.2. The minimum atomic E-state index is 0.117. The van der Waals surface area contributed by atoms with Crippen LogP contribution >= 0.6 is 0 Å². The lowest BCUT2D eigenvalue weighted by molar-refractivity contribution is -0.00563. The number of unbranched alkanes of at least 4 members (excludes halogenated alkanes) is 1. The highest BCUT2D eigenvalue weighted by atomic mass is 16.5. The largest absolute Gasteiger partial charge is 0.380 e. The molecular weight excluding hydrogens is 220 g/mol. The van der Waals surface area contributed by atoms with Gasteiger partial charge in [0.1, 0.15) is 0 Å². The summed E-state index contributed by atoms with van der Waals surface area (Å²) in [5, 5.41) is 0. The van der Waals surface area contributed by atoms with Crippen molar-refractivity contribution in [2.45, 2.75) is 38.8 Å². The molecular formula is C12H28N2O3. The van der Waals surface area contributed by atoms with Gasteiger partial charge in [-0.3, -0.25) is 0 Å². The van der Waals surface area contributed by atoms with Crippen molar-refractivity contribution in [3.8, 4) is 0 Å². The second kappa shape index (κ2) is 12.3. The predicted molar refractivity (Wildman–Crippen MR) is 69.0 cm³/mol. The van der Waals surface area contributed by atoms with Gasteiger partial charge in [0.15, 0.2) is 0 Å². The zero-order valence-corrected chi connectivity index (χ0v) is 11.2. The Morgan fingerprint density at radius 3 is 2.06 bits per heavy atom. The molecule has 5 heteroatoms. The SMILES string of the molecule is CC(N)COCCCCOCC(C)OCCN. The monoisotopic (exact) mass is 248 g/mol.